The number of benzene rings is 1. The molecule has 0 atom stereocenters. The van der Waals surface area contributed by atoms with Gasteiger partial charge in [-0.05, 0) is 18.2 Å². The summed E-state index contributed by atoms with van der Waals surface area (Å²) in [4.78, 5) is 20.5. The van der Waals surface area contributed by atoms with E-state index in [1.807, 2.05) is 0 Å². The van der Waals surface area contributed by atoms with E-state index in [9.17, 15) is 4.79 Å². The van der Waals surface area contributed by atoms with Crippen LogP contribution >= 0.6 is 11.6 Å². The number of aromatic carboxylic acids is 1. The summed E-state index contributed by atoms with van der Waals surface area (Å²) in [7, 11) is 1.66. The molecular weight excluding hydrogens is 268 g/mol. The summed E-state index contributed by atoms with van der Waals surface area (Å²) in [6.45, 7) is 0. The van der Waals surface area contributed by atoms with E-state index in [-0.39, 0.29) is 11.5 Å². The smallest absolute Gasteiger partial charge is 0.358 e. The quantitative estimate of drug-likeness (QED) is 0.836. The first-order chi connectivity index (χ1) is 9.00. The van der Waals surface area contributed by atoms with Crippen LogP contribution in [0.1, 0.15) is 10.5 Å². The fourth-order valence-corrected chi connectivity index (χ4v) is 1.85. The Hall–Kier alpha value is -2.34. The molecule has 1 aromatic heterocycles. The number of carbonyl (C=O) groups is 1. The molecule has 0 saturated heterocycles. The van der Waals surface area contributed by atoms with Crippen LogP contribution in [-0.4, -0.2) is 28.1 Å². The third-order valence-electron chi connectivity index (χ3n) is 2.55. The van der Waals surface area contributed by atoms with Crippen LogP contribution in [0.3, 0.4) is 0 Å². The van der Waals surface area contributed by atoms with Crippen LogP contribution < -0.4 is 10.6 Å². The van der Waals surface area contributed by atoms with Crippen molar-refractivity contribution in [1.82, 2.24) is 9.97 Å². The van der Waals surface area contributed by atoms with Crippen molar-refractivity contribution in [2.45, 2.75) is 0 Å². The van der Waals surface area contributed by atoms with Crippen molar-refractivity contribution in [3.05, 3.63) is 41.3 Å². The van der Waals surface area contributed by atoms with Crippen molar-refractivity contribution in [1.29, 1.82) is 0 Å². The second-order valence-corrected chi connectivity index (χ2v) is 4.23. The maximum atomic E-state index is 11.1. The van der Waals surface area contributed by atoms with Gasteiger partial charge in [0.25, 0.3) is 0 Å². The molecule has 0 aliphatic heterocycles. The summed E-state index contributed by atoms with van der Waals surface area (Å²) >= 11 is 5.83. The molecule has 19 heavy (non-hydrogen) atoms. The van der Waals surface area contributed by atoms with Crippen molar-refractivity contribution >= 4 is 34.8 Å². The minimum absolute atomic E-state index is 0.139. The first-order valence-electron chi connectivity index (χ1n) is 5.33. The molecule has 0 aliphatic rings. The number of rotatable bonds is 3. The highest BCUT2D eigenvalue weighted by Gasteiger charge is 2.18. The molecule has 3 N–H and O–H groups in total. The number of halogens is 1. The minimum atomic E-state index is -1.15. The molecule has 0 aliphatic carbocycles. The first-order valence-corrected chi connectivity index (χ1v) is 5.71. The SMILES string of the molecule is CN(c1ccc(Cl)cc1N)c1nccnc1C(=O)O. The van der Waals surface area contributed by atoms with E-state index in [0.717, 1.165) is 0 Å². The van der Waals surface area contributed by atoms with Crippen molar-refractivity contribution < 1.29 is 9.90 Å². The van der Waals surface area contributed by atoms with Crippen molar-refractivity contribution in [2.24, 2.45) is 0 Å². The van der Waals surface area contributed by atoms with Gasteiger partial charge in [-0.25, -0.2) is 14.8 Å². The van der Waals surface area contributed by atoms with Gasteiger partial charge in [-0.15, -0.1) is 0 Å². The Morgan fingerprint density at radius 2 is 2.05 bits per heavy atom. The van der Waals surface area contributed by atoms with E-state index in [2.05, 4.69) is 9.97 Å². The van der Waals surface area contributed by atoms with E-state index >= 15 is 0 Å². The molecule has 6 nitrogen and oxygen atoms in total. The van der Waals surface area contributed by atoms with Gasteiger partial charge in [-0.1, -0.05) is 11.6 Å². The largest absolute Gasteiger partial charge is 0.476 e. The number of nitrogens with zero attached hydrogens (tertiary/aromatic N) is 3. The number of hydrogen-bond donors (Lipinski definition) is 2. The maximum Gasteiger partial charge on any atom is 0.358 e. The van der Waals surface area contributed by atoms with Gasteiger partial charge in [0.05, 0.1) is 11.4 Å². The topological polar surface area (TPSA) is 92.3 Å². The second kappa shape index (κ2) is 5.11. The highest BCUT2D eigenvalue weighted by Crippen LogP contribution is 2.30. The van der Waals surface area contributed by atoms with Crippen molar-refractivity contribution in [2.75, 3.05) is 17.7 Å². The average molecular weight is 279 g/mol. The molecule has 2 rings (SSSR count). The standard InChI is InChI=1S/C12H11ClN4O2/c1-17(9-3-2-7(13)6-8(9)14)11-10(12(18)19)15-4-5-16-11/h2-6H,14H2,1H3,(H,18,19). The number of nitrogen functional groups attached to an aromatic ring is 1. The van der Waals surface area contributed by atoms with Crippen LogP contribution in [0.2, 0.25) is 5.02 Å². The van der Waals surface area contributed by atoms with Gasteiger partial charge in [-0.2, -0.15) is 0 Å². The van der Waals surface area contributed by atoms with Gasteiger partial charge < -0.3 is 15.7 Å². The van der Waals surface area contributed by atoms with E-state index in [1.165, 1.54) is 12.4 Å². The second-order valence-electron chi connectivity index (χ2n) is 3.80. The molecule has 0 amide bonds. The Balaban J connectivity index is 2.50. The third-order valence-corrected chi connectivity index (χ3v) is 2.79. The zero-order valence-corrected chi connectivity index (χ0v) is 10.8. The fraction of sp³-hybridized carbons (Fsp3) is 0.0833. The summed E-state index contributed by atoms with van der Waals surface area (Å²) in [6.07, 6.45) is 2.75. The first kappa shape index (κ1) is 13.1. The van der Waals surface area contributed by atoms with E-state index in [1.54, 1.807) is 30.1 Å². The molecule has 98 valence electrons. The summed E-state index contributed by atoms with van der Waals surface area (Å²) in [5.74, 6) is -0.938. The normalized spacial score (nSPS) is 10.2. The molecule has 0 radical (unpaired) electrons. The Kier molecular flexibility index (Phi) is 3.52. The molecule has 0 unspecified atom stereocenters. The monoisotopic (exact) mass is 278 g/mol. The van der Waals surface area contributed by atoms with Gasteiger partial charge in [-0.3, -0.25) is 0 Å². The maximum absolute atomic E-state index is 11.1. The summed E-state index contributed by atoms with van der Waals surface area (Å²) in [6, 6.07) is 4.95. The molecule has 1 aromatic carbocycles. The molecule has 1 heterocycles. The van der Waals surface area contributed by atoms with E-state index in [0.29, 0.717) is 16.4 Å². The lowest BCUT2D eigenvalue weighted by Gasteiger charge is -2.21. The molecule has 7 heteroatoms. The molecule has 0 spiro atoms. The molecule has 0 fully saturated rings. The predicted octanol–water partition coefficient (Wildman–Crippen LogP) is 2.18. The highest BCUT2D eigenvalue weighted by atomic mass is 35.5. The number of nitrogens with two attached hydrogens (primary N) is 1. The van der Waals surface area contributed by atoms with Crippen LogP contribution in [0, 0.1) is 0 Å². The van der Waals surface area contributed by atoms with Crippen LogP contribution in [0.5, 0.6) is 0 Å². The van der Waals surface area contributed by atoms with Crippen molar-refractivity contribution in [3.8, 4) is 0 Å². The predicted molar refractivity (Wildman–Crippen MR) is 72.9 cm³/mol. The van der Waals surface area contributed by atoms with Gasteiger partial charge in [0, 0.05) is 24.5 Å². The summed E-state index contributed by atoms with van der Waals surface area (Å²) in [5.41, 5.74) is 6.76. The lowest BCUT2D eigenvalue weighted by molar-refractivity contribution is 0.0691. The Bertz CT molecular complexity index is 633. The lowest BCUT2D eigenvalue weighted by atomic mass is 10.2. The lowest BCUT2D eigenvalue weighted by Crippen LogP contribution is -2.18. The van der Waals surface area contributed by atoms with Gasteiger partial charge in [0.1, 0.15) is 0 Å². The van der Waals surface area contributed by atoms with Gasteiger partial charge >= 0.3 is 5.97 Å². The fourth-order valence-electron chi connectivity index (χ4n) is 1.67. The molecule has 2 aromatic rings. The molecular formula is C12H11ClN4O2. The van der Waals surface area contributed by atoms with Crippen LogP contribution in [0.15, 0.2) is 30.6 Å². The van der Waals surface area contributed by atoms with Crippen LogP contribution in [-0.2, 0) is 0 Å². The number of carboxylic acid groups (broad SMARTS) is 1. The zero-order valence-electron chi connectivity index (χ0n) is 10.0. The molecule has 0 bridgehead atoms. The number of anilines is 3. The number of carboxylic acids is 1. The van der Waals surface area contributed by atoms with E-state index < -0.39 is 5.97 Å². The van der Waals surface area contributed by atoms with Gasteiger partial charge in [0.2, 0.25) is 0 Å². The van der Waals surface area contributed by atoms with Crippen molar-refractivity contribution in [3.63, 3.8) is 0 Å². The average Bonchev–Trinajstić information content (AvgIpc) is 2.38. The van der Waals surface area contributed by atoms with E-state index in [4.69, 9.17) is 22.4 Å². The Morgan fingerprint density at radius 3 is 2.68 bits per heavy atom. The number of aromatic nitrogens is 2. The molecule has 0 saturated carbocycles. The Morgan fingerprint density at radius 1 is 1.37 bits per heavy atom. The summed E-state index contributed by atoms with van der Waals surface area (Å²) in [5, 5.41) is 9.60. The Labute approximate surface area is 114 Å². The van der Waals surface area contributed by atoms with Crippen LogP contribution in [0.25, 0.3) is 0 Å². The van der Waals surface area contributed by atoms with Crippen LogP contribution in [0.4, 0.5) is 17.2 Å². The van der Waals surface area contributed by atoms with Gasteiger partial charge in [0.15, 0.2) is 11.5 Å². The number of hydrogen-bond acceptors (Lipinski definition) is 5. The minimum Gasteiger partial charge on any atom is -0.476 e. The summed E-state index contributed by atoms with van der Waals surface area (Å²) < 4.78 is 0. The third kappa shape index (κ3) is 2.58. The zero-order chi connectivity index (χ0) is 14.0. The highest BCUT2D eigenvalue weighted by molar-refractivity contribution is 6.31.